The molecule has 0 unspecified atom stereocenters. The van der Waals surface area contributed by atoms with E-state index in [1.54, 1.807) is 12.1 Å². The first-order chi connectivity index (χ1) is 9.69. The van der Waals surface area contributed by atoms with Crippen LogP contribution in [0.3, 0.4) is 0 Å². The predicted molar refractivity (Wildman–Crippen MR) is 78.0 cm³/mol. The Hall–Kier alpha value is -2.29. The van der Waals surface area contributed by atoms with E-state index in [1.807, 2.05) is 42.5 Å². The van der Waals surface area contributed by atoms with E-state index in [0.717, 1.165) is 12.0 Å². The monoisotopic (exact) mass is 270 g/mol. The number of aryl methyl sites for hydroxylation is 1. The molecule has 0 heterocycles. The molecule has 104 valence electrons. The van der Waals surface area contributed by atoms with Gasteiger partial charge in [-0.3, -0.25) is 0 Å². The van der Waals surface area contributed by atoms with Crippen LogP contribution in [0.2, 0.25) is 0 Å². The Morgan fingerprint density at radius 1 is 1.05 bits per heavy atom. The van der Waals surface area contributed by atoms with Crippen molar-refractivity contribution in [3.8, 4) is 5.75 Å². The van der Waals surface area contributed by atoms with Crippen LogP contribution >= 0.6 is 0 Å². The summed E-state index contributed by atoms with van der Waals surface area (Å²) in [6.07, 6.45) is 0.460. The van der Waals surface area contributed by atoms with Gasteiger partial charge in [0.25, 0.3) is 0 Å². The molecule has 0 radical (unpaired) electrons. The highest BCUT2D eigenvalue weighted by Gasteiger charge is 2.19. The number of hydrogen-bond donors (Lipinski definition) is 1. The molecular formula is C17H18O3. The number of carboxylic acid groups (broad SMARTS) is 1. The summed E-state index contributed by atoms with van der Waals surface area (Å²) in [7, 11) is 0. The minimum atomic E-state index is -0.951. The van der Waals surface area contributed by atoms with E-state index in [4.69, 9.17) is 4.74 Å². The third-order valence-corrected chi connectivity index (χ3v) is 3.15. The third-order valence-electron chi connectivity index (χ3n) is 3.15. The standard InChI is InChI=1S/C17H18O3/c1-2-13-8-10-14(11-9-13)12-16(17(18)19)20-15-6-4-3-5-7-15/h3-11,16H,2,12H2,1H3,(H,18,19)/t16-/m1/s1. The lowest BCUT2D eigenvalue weighted by Gasteiger charge is -2.15. The Balaban J connectivity index is 2.07. The second-order valence-electron chi connectivity index (χ2n) is 4.63. The van der Waals surface area contributed by atoms with Crippen molar-refractivity contribution in [2.24, 2.45) is 0 Å². The van der Waals surface area contributed by atoms with Gasteiger partial charge in [0, 0.05) is 6.42 Å². The molecule has 0 aliphatic heterocycles. The van der Waals surface area contributed by atoms with Crippen molar-refractivity contribution in [3.05, 3.63) is 65.7 Å². The van der Waals surface area contributed by atoms with Crippen LogP contribution in [0.4, 0.5) is 0 Å². The zero-order valence-electron chi connectivity index (χ0n) is 11.5. The van der Waals surface area contributed by atoms with Gasteiger partial charge in [0.1, 0.15) is 5.75 Å². The molecule has 0 fully saturated rings. The van der Waals surface area contributed by atoms with E-state index in [0.29, 0.717) is 12.2 Å². The van der Waals surface area contributed by atoms with Crippen LogP contribution in [0.15, 0.2) is 54.6 Å². The van der Waals surface area contributed by atoms with Crippen LogP contribution in [0, 0.1) is 0 Å². The molecule has 0 saturated heterocycles. The van der Waals surface area contributed by atoms with E-state index in [1.165, 1.54) is 5.56 Å². The van der Waals surface area contributed by atoms with Crippen molar-refractivity contribution in [2.75, 3.05) is 0 Å². The lowest BCUT2D eigenvalue weighted by atomic mass is 10.0. The zero-order valence-corrected chi connectivity index (χ0v) is 11.5. The summed E-state index contributed by atoms with van der Waals surface area (Å²) in [6.45, 7) is 2.09. The molecule has 0 aliphatic rings. The number of rotatable bonds is 6. The number of hydrogen-bond acceptors (Lipinski definition) is 2. The summed E-state index contributed by atoms with van der Waals surface area (Å²) in [5, 5.41) is 9.27. The molecule has 1 N–H and O–H groups in total. The van der Waals surface area contributed by atoms with Crippen LogP contribution in [-0.4, -0.2) is 17.2 Å². The first-order valence-corrected chi connectivity index (χ1v) is 6.71. The fourth-order valence-corrected chi connectivity index (χ4v) is 1.97. The van der Waals surface area contributed by atoms with E-state index in [2.05, 4.69) is 6.92 Å². The van der Waals surface area contributed by atoms with Gasteiger partial charge in [0.15, 0.2) is 6.10 Å². The van der Waals surface area contributed by atoms with Gasteiger partial charge in [-0.25, -0.2) is 4.79 Å². The maximum atomic E-state index is 11.3. The quantitative estimate of drug-likeness (QED) is 0.875. The van der Waals surface area contributed by atoms with Crippen molar-refractivity contribution >= 4 is 5.97 Å². The van der Waals surface area contributed by atoms with Gasteiger partial charge in [-0.05, 0) is 29.7 Å². The molecule has 0 bridgehead atoms. The van der Waals surface area contributed by atoms with E-state index < -0.39 is 12.1 Å². The lowest BCUT2D eigenvalue weighted by Crippen LogP contribution is -2.29. The third kappa shape index (κ3) is 3.85. The number of carbonyl (C=O) groups is 1. The Kier molecular flexibility index (Phi) is 4.77. The van der Waals surface area contributed by atoms with Crippen molar-refractivity contribution in [2.45, 2.75) is 25.9 Å². The highest BCUT2D eigenvalue weighted by atomic mass is 16.5. The van der Waals surface area contributed by atoms with Crippen molar-refractivity contribution in [1.29, 1.82) is 0 Å². The minimum Gasteiger partial charge on any atom is -0.478 e. The Labute approximate surface area is 118 Å². The first-order valence-electron chi connectivity index (χ1n) is 6.71. The van der Waals surface area contributed by atoms with Gasteiger partial charge in [0.2, 0.25) is 0 Å². The summed E-state index contributed by atoms with van der Waals surface area (Å²) in [6, 6.07) is 17.0. The molecule has 20 heavy (non-hydrogen) atoms. The molecule has 0 spiro atoms. The molecule has 0 aromatic heterocycles. The molecule has 2 rings (SSSR count). The van der Waals surface area contributed by atoms with Crippen LogP contribution in [0.1, 0.15) is 18.1 Å². The van der Waals surface area contributed by atoms with Crippen molar-refractivity contribution < 1.29 is 14.6 Å². The minimum absolute atomic E-state index is 0.355. The summed E-state index contributed by atoms with van der Waals surface area (Å²) in [5.74, 6) is -0.376. The van der Waals surface area contributed by atoms with Gasteiger partial charge in [0.05, 0.1) is 0 Å². The zero-order chi connectivity index (χ0) is 14.4. The number of para-hydroxylation sites is 1. The molecule has 0 saturated carbocycles. The average molecular weight is 270 g/mol. The Morgan fingerprint density at radius 3 is 2.20 bits per heavy atom. The molecule has 0 aliphatic carbocycles. The van der Waals surface area contributed by atoms with Gasteiger partial charge in [-0.1, -0.05) is 49.4 Å². The number of carboxylic acids is 1. The van der Waals surface area contributed by atoms with Gasteiger partial charge in [-0.15, -0.1) is 0 Å². The van der Waals surface area contributed by atoms with Gasteiger partial charge >= 0.3 is 5.97 Å². The summed E-state index contributed by atoms with van der Waals surface area (Å²) < 4.78 is 5.54. The Bertz CT molecular complexity index is 546. The first kappa shape index (κ1) is 14.1. The lowest BCUT2D eigenvalue weighted by molar-refractivity contribution is -0.145. The van der Waals surface area contributed by atoms with Crippen LogP contribution < -0.4 is 4.74 Å². The largest absolute Gasteiger partial charge is 0.478 e. The second-order valence-corrected chi connectivity index (χ2v) is 4.63. The fraction of sp³-hybridized carbons (Fsp3) is 0.235. The average Bonchev–Trinajstić information content (AvgIpc) is 2.48. The normalized spacial score (nSPS) is 11.8. The van der Waals surface area contributed by atoms with Crippen LogP contribution in [0.5, 0.6) is 5.75 Å². The molecule has 3 heteroatoms. The van der Waals surface area contributed by atoms with E-state index in [-0.39, 0.29) is 0 Å². The second kappa shape index (κ2) is 6.75. The molecule has 2 aromatic carbocycles. The summed E-state index contributed by atoms with van der Waals surface area (Å²) in [4.78, 5) is 11.3. The van der Waals surface area contributed by atoms with Crippen LogP contribution in [-0.2, 0) is 17.6 Å². The molecule has 3 nitrogen and oxygen atoms in total. The predicted octanol–water partition coefficient (Wildman–Crippen LogP) is 3.32. The SMILES string of the molecule is CCc1ccc(C[C@@H](Oc2ccccc2)C(=O)O)cc1. The Morgan fingerprint density at radius 2 is 1.65 bits per heavy atom. The maximum absolute atomic E-state index is 11.3. The van der Waals surface area contributed by atoms with Crippen molar-refractivity contribution in [3.63, 3.8) is 0 Å². The number of benzene rings is 2. The highest BCUT2D eigenvalue weighted by Crippen LogP contribution is 2.15. The maximum Gasteiger partial charge on any atom is 0.345 e. The topological polar surface area (TPSA) is 46.5 Å². The highest BCUT2D eigenvalue weighted by molar-refractivity contribution is 5.73. The molecule has 2 aromatic rings. The van der Waals surface area contributed by atoms with Crippen LogP contribution in [0.25, 0.3) is 0 Å². The van der Waals surface area contributed by atoms with Gasteiger partial charge in [-0.2, -0.15) is 0 Å². The van der Waals surface area contributed by atoms with Crippen molar-refractivity contribution in [1.82, 2.24) is 0 Å². The fourth-order valence-electron chi connectivity index (χ4n) is 1.97. The van der Waals surface area contributed by atoms with E-state index >= 15 is 0 Å². The molecular weight excluding hydrogens is 252 g/mol. The summed E-state index contributed by atoms with van der Waals surface area (Å²) in [5.41, 5.74) is 2.20. The molecule has 1 atom stereocenters. The van der Waals surface area contributed by atoms with Gasteiger partial charge < -0.3 is 9.84 Å². The summed E-state index contributed by atoms with van der Waals surface area (Å²) >= 11 is 0. The number of ether oxygens (including phenoxy) is 1. The number of aliphatic carboxylic acids is 1. The van der Waals surface area contributed by atoms with E-state index in [9.17, 15) is 9.90 Å². The smallest absolute Gasteiger partial charge is 0.345 e. The molecule has 0 amide bonds.